The maximum Gasteiger partial charge on any atom is 0.251 e. The quantitative estimate of drug-likeness (QED) is 0.909. The molecule has 4 nitrogen and oxygen atoms in total. The molecule has 0 aliphatic carbocycles. The fourth-order valence-electron chi connectivity index (χ4n) is 1.75. The topological polar surface area (TPSA) is 47.6 Å². The molecule has 0 atom stereocenters. The summed E-state index contributed by atoms with van der Waals surface area (Å²) in [6.07, 6.45) is 1.09. The largest absolute Gasteiger partial charge is 0.353 e. The normalized spacial score (nSPS) is 16.3. The van der Waals surface area contributed by atoms with Gasteiger partial charge >= 0.3 is 0 Å². The van der Waals surface area contributed by atoms with E-state index < -0.39 is 17.5 Å². The van der Waals surface area contributed by atoms with Crippen molar-refractivity contribution in [1.82, 2.24) is 5.32 Å². The minimum absolute atomic E-state index is 0.0874. The minimum atomic E-state index is -1.04. The first kappa shape index (κ1) is 13.9. The van der Waals surface area contributed by atoms with E-state index in [1.165, 1.54) is 6.07 Å². The SMILES string of the molecule is O=C(NCCC1OCCCO1)c1ccc(F)c(F)c1. The van der Waals surface area contributed by atoms with Crippen molar-refractivity contribution in [3.63, 3.8) is 0 Å². The van der Waals surface area contributed by atoms with Crippen molar-refractivity contribution in [3.8, 4) is 0 Å². The lowest BCUT2D eigenvalue weighted by Gasteiger charge is -2.23. The van der Waals surface area contributed by atoms with Gasteiger partial charge in [0, 0.05) is 18.5 Å². The molecule has 1 aromatic carbocycles. The molecule has 0 saturated carbocycles. The molecular formula is C13H15F2NO3. The van der Waals surface area contributed by atoms with Gasteiger partial charge in [-0.1, -0.05) is 0 Å². The van der Waals surface area contributed by atoms with E-state index in [9.17, 15) is 13.6 Å². The third-order valence-corrected chi connectivity index (χ3v) is 2.74. The molecule has 1 aliphatic heterocycles. The zero-order valence-electron chi connectivity index (χ0n) is 10.3. The molecule has 6 heteroatoms. The maximum atomic E-state index is 13.0. The van der Waals surface area contributed by atoms with Crippen LogP contribution in [0.2, 0.25) is 0 Å². The molecule has 0 spiro atoms. The molecule has 1 amide bonds. The van der Waals surface area contributed by atoms with Crippen LogP contribution in [0.25, 0.3) is 0 Å². The summed E-state index contributed by atoms with van der Waals surface area (Å²) in [5.74, 6) is -2.46. The molecule has 2 rings (SSSR count). The number of nitrogens with one attached hydrogen (secondary N) is 1. The molecule has 1 N–H and O–H groups in total. The van der Waals surface area contributed by atoms with Crippen molar-refractivity contribution in [2.24, 2.45) is 0 Å². The molecule has 0 radical (unpaired) electrons. The van der Waals surface area contributed by atoms with Crippen molar-refractivity contribution >= 4 is 5.91 Å². The first-order valence-corrected chi connectivity index (χ1v) is 6.13. The highest BCUT2D eigenvalue weighted by Crippen LogP contribution is 2.10. The molecule has 1 saturated heterocycles. The number of hydrogen-bond acceptors (Lipinski definition) is 3. The van der Waals surface area contributed by atoms with Gasteiger partial charge < -0.3 is 14.8 Å². The van der Waals surface area contributed by atoms with E-state index in [-0.39, 0.29) is 11.9 Å². The fourth-order valence-corrected chi connectivity index (χ4v) is 1.75. The van der Waals surface area contributed by atoms with Crippen LogP contribution < -0.4 is 5.32 Å². The van der Waals surface area contributed by atoms with Gasteiger partial charge in [0.25, 0.3) is 5.91 Å². The van der Waals surface area contributed by atoms with Crippen LogP contribution >= 0.6 is 0 Å². The summed E-state index contributed by atoms with van der Waals surface area (Å²) in [7, 11) is 0. The highest BCUT2D eigenvalue weighted by atomic mass is 19.2. The zero-order chi connectivity index (χ0) is 13.7. The lowest BCUT2D eigenvalue weighted by Crippen LogP contribution is -2.31. The first-order chi connectivity index (χ1) is 9.16. The summed E-state index contributed by atoms with van der Waals surface area (Å²) in [4.78, 5) is 11.7. The summed E-state index contributed by atoms with van der Waals surface area (Å²) in [6.45, 7) is 1.66. The number of ether oxygens (including phenoxy) is 2. The summed E-state index contributed by atoms with van der Waals surface area (Å²) < 4.78 is 36.3. The van der Waals surface area contributed by atoms with Crippen LogP contribution in [0.5, 0.6) is 0 Å². The lowest BCUT2D eigenvalue weighted by atomic mass is 10.2. The van der Waals surface area contributed by atoms with E-state index in [0.29, 0.717) is 26.2 Å². The maximum absolute atomic E-state index is 13.0. The summed E-state index contributed by atoms with van der Waals surface area (Å²) in [5.41, 5.74) is 0.0874. The Morgan fingerprint density at radius 1 is 1.26 bits per heavy atom. The van der Waals surface area contributed by atoms with Gasteiger partial charge in [0.05, 0.1) is 13.2 Å². The number of carbonyl (C=O) groups excluding carboxylic acids is 1. The van der Waals surface area contributed by atoms with Gasteiger partial charge in [-0.2, -0.15) is 0 Å². The smallest absolute Gasteiger partial charge is 0.251 e. The van der Waals surface area contributed by atoms with Crippen LogP contribution in [0.3, 0.4) is 0 Å². The van der Waals surface area contributed by atoms with E-state index >= 15 is 0 Å². The fraction of sp³-hybridized carbons (Fsp3) is 0.462. The van der Waals surface area contributed by atoms with E-state index in [2.05, 4.69) is 5.32 Å². The number of benzene rings is 1. The van der Waals surface area contributed by atoms with Crippen molar-refractivity contribution in [2.75, 3.05) is 19.8 Å². The van der Waals surface area contributed by atoms with Crippen molar-refractivity contribution in [1.29, 1.82) is 0 Å². The van der Waals surface area contributed by atoms with Gasteiger partial charge in [-0.3, -0.25) is 4.79 Å². The Labute approximate surface area is 109 Å². The van der Waals surface area contributed by atoms with E-state index in [1.807, 2.05) is 0 Å². The number of rotatable bonds is 4. The van der Waals surface area contributed by atoms with Crippen LogP contribution in [0, 0.1) is 11.6 Å². The Morgan fingerprint density at radius 2 is 2.00 bits per heavy atom. The molecule has 1 heterocycles. The van der Waals surface area contributed by atoms with Crippen LogP contribution in [-0.4, -0.2) is 32.0 Å². The second-order valence-electron chi connectivity index (χ2n) is 4.20. The number of hydrogen-bond donors (Lipinski definition) is 1. The number of carbonyl (C=O) groups is 1. The standard InChI is InChI=1S/C13H15F2NO3/c14-10-3-2-9(8-11(10)15)13(17)16-5-4-12-18-6-1-7-19-12/h2-3,8,12H,1,4-7H2,(H,16,17). The van der Waals surface area contributed by atoms with Crippen LogP contribution in [0.15, 0.2) is 18.2 Å². The predicted octanol–water partition coefficient (Wildman–Crippen LogP) is 1.85. The minimum Gasteiger partial charge on any atom is -0.353 e. The summed E-state index contributed by atoms with van der Waals surface area (Å²) >= 11 is 0. The van der Waals surface area contributed by atoms with E-state index in [0.717, 1.165) is 18.6 Å². The third-order valence-electron chi connectivity index (χ3n) is 2.74. The monoisotopic (exact) mass is 271 g/mol. The van der Waals surface area contributed by atoms with Crippen LogP contribution in [0.4, 0.5) is 8.78 Å². The van der Waals surface area contributed by atoms with Gasteiger partial charge in [0.15, 0.2) is 17.9 Å². The van der Waals surface area contributed by atoms with Gasteiger partial charge in [-0.05, 0) is 24.6 Å². The van der Waals surface area contributed by atoms with Crippen molar-refractivity contribution < 1.29 is 23.0 Å². The zero-order valence-corrected chi connectivity index (χ0v) is 10.3. The molecule has 1 aromatic rings. The van der Waals surface area contributed by atoms with Crippen molar-refractivity contribution in [2.45, 2.75) is 19.1 Å². The molecule has 104 valence electrons. The molecule has 1 aliphatic rings. The van der Waals surface area contributed by atoms with Crippen LogP contribution in [-0.2, 0) is 9.47 Å². The molecule has 0 bridgehead atoms. The van der Waals surface area contributed by atoms with Gasteiger partial charge in [-0.25, -0.2) is 8.78 Å². The second kappa shape index (κ2) is 6.58. The summed E-state index contributed by atoms with van der Waals surface area (Å²) in [5, 5.41) is 2.60. The Kier molecular flexibility index (Phi) is 4.81. The van der Waals surface area contributed by atoms with Gasteiger partial charge in [-0.15, -0.1) is 0 Å². The Balaban J connectivity index is 1.78. The average Bonchev–Trinajstić information content (AvgIpc) is 2.43. The van der Waals surface area contributed by atoms with Crippen LogP contribution in [0.1, 0.15) is 23.2 Å². The molecule has 1 fully saturated rings. The lowest BCUT2D eigenvalue weighted by molar-refractivity contribution is -0.180. The van der Waals surface area contributed by atoms with Gasteiger partial charge in [0.2, 0.25) is 0 Å². The van der Waals surface area contributed by atoms with E-state index in [1.54, 1.807) is 0 Å². The number of amides is 1. The molecule has 19 heavy (non-hydrogen) atoms. The second-order valence-corrected chi connectivity index (χ2v) is 4.20. The highest BCUT2D eigenvalue weighted by Gasteiger charge is 2.15. The Morgan fingerprint density at radius 3 is 2.68 bits per heavy atom. The highest BCUT2D eigenvalue weighted by molar-refractivity contribution is 5.94. The predicted molar refractivity (Wildman–Crippen MR) is 63.6 cm³/mol. The Hall–Kier alpha value is -1.53. The number of halogens is 2. The first-order valence-electron chi connectivity index (χ1n) is 6.13. The Bertz CT molecular complexity index is 448. The van der Waals surface area contributed by atoms with Gasteiger partial charge in [0.1, 0.15) is 0 Å². The average molecular weight is 271 g/mol. The molecule has 0 aromatic heterocycles. The summed E-state index contributed by atoms with van der Waals surface area (Å²) in [6, 6.07) is 3.04. The molecule has 0 unspecified atom stereocenters. The van der Waals surface area contributed by atoms with E-state index in [4.69, 9.17) is 9.47 Å². The third kappa shape index (κ3) is 3.97. The van der Waals surface area contributed by atoms with Crippen molar-refractivity contribution in [3.05, 3.63) is 35.4 Å². The molecular weight excluding hydrogens is 256 g/mol.